The third-order valence-corrected chi connectivity index (χ3v) is 9.61. The highest BCUT2D eigenvalue weighted by Gasteiger charge is 2.25. The Balaban J connectivity index is 1.27. The Morgan fingerprint density at radius 3 is 2.11 bits per heavy atom. The number of anilines is 2. The molecule has 1 aliphatic heterocycles. The lowest BCUT2D eigenvalue weighted by Crippen LogP contribution is -2.44. The highest BCUT2D eigenvalue weighted by molar-refractivity contribution is 5.97. The van der Waals surface area contributed by atoms with E-state index in [9.17, 15) is 9.59 Å². The Labute approximate surface area is 279 Å². The van der Waals surface area contributed by atoms with Gasteiger partial charge in [-0.3, -0.25) is 9.59 Å². The molecule has 6 rings (SSSR count). The molecule has 1 heterocycles. The second kappa shape index (κ2) is 15.4. The molecule has 0 bridgehead atoms. The van der Waals surface area contributed by atoms with Gasteiger partial charge in [0.2, 0.25) is 11.8 Å². The van der Waals surface area contributed by atoms with Crippen LogP contribution in [-0.2, 0) is 35.6 Å². The van der Waals surface area contributed by atoms with Crippen molar-refractivity contribution in [1.82, 2.24) is 9.80 Å². The number of carbonyl (C=O) groups excluding carboxylic acids is 2. The van der Waals surface area contributed by atoms with Crippen molar-refractivity contribution in [3.05, 3.63) is 119 Å². The van der Waals surface area contributed by atoms with Crippen LogP contribution in [0.15, 0.2) is 97.1 Å². The molecule has 1 saturated carbocycles. The van der Waals surface area contributed by atoms with E-state index >= 15 is 0 Å². The lowest BCUT2D eigenvalue weighted by atomic mass is 10.00. The predicted molar refractivity (Wildman–Crippen MR) is 191 cm³/mol. The van der Waals surface area contributed by atoms with Crippen molar-refractivity contribution < 1.29 is 9.59 Å². The minimum absolute atomic E-state index is 0.0770. The molecule has 0 radical (unpaired) electrons. The van der Waals surface area contributed by atoms with E-state index in [0.717, 1.165) is 96.6 Å². The van der Waals surface area contributed by atoms with Gasteiger partial charge in [-0.1, -0.05) is 91.7 Å². The van der Waals surface area contributed by atoms with E-state index in [1.54, 1.807) is 0 Å². The van der Waals surface area contributed by atoms with Crippen molar-refractivity contribution in [3.8, 4) is 11.1 Å². The molecule has 4 aromatic rings. The molecule has 2 amide bonds. The van der Waals surface area contributed by atoms with E-state index in [1.807, 2.05) is 47.4 Å². The first kappa shape index (κ1) is 32.5. The van der Waals surface area contributed by atoms with E-state index < -0.39 is 0 Å². The summed E-state index contributed by atoms with van der Waals surface area (Å²) in [5.41, 5.74) is 14.2. The molecule has 244 valence electrons. The van der Waals surface area contributed by atoms with Crippen LogP contribution in [0.1, 0.15) is 47.9 Å². The number of piperazine rings is 1. The zero-order valence-electron chi connectivity index (χ0n) is 27.5. The van der Waals surface area contributed by atoms with Crippen LogP contribution in [-0.4, -0.2) is 54.8 Å². The van der Waals surface area contributed by atoms with Crippen LogP contribution in [0.2, 0.25) is 0 Å². The van der Waals surface area contributed by atoms with Crippen molar-refractivity contribution >= 4 is 23.2 Å². The first-order valence-electron chi connectivity index (χ1n) is 17.0. The number of rotatable bonds is 11. The summed E-state index contributed by atoms with van der Waals surface area (Å²) in [5.74, 6) is 0.301. The number of carbonyl (C=O) groups is 2. The van der Waals surface area contributed by atoms with Gasteiger partial charge in [-0.2, -0.15) is 0 Å². The van der Waals surface area contributed by atoms with Crippen LogP contribution in [0, 0.1) is 5.92 Å². The topological polar surface area (TPSA) is 81.9 Å². The summed E-state index contributed by atoms with van der Waals surface area (Å²) in [6.45, 7) is 5.30. The Hall–Kier alpha value is -4.46. The Morgan fingerprint density at radius 1 is 0.745 bits per heavy atom. The number of nitrogens with zero attached hydrogens (tertiary/aromatic N) is 3. The van der Waals surface area contributed by atoms with Crippen molar-refractivity contribution in [2.24, 2.45) is 11.7 Å². The molecular formula is C40H47N5O2. The van der Waals surface area contributed by atoms with Crippen LogP contribution in [0.25, 0.3) is 11.1 Å². The smallest absolute Gasteiger partial charge is 0.227 e. The minimum atomic E-state index is 0.0770. The quantitative estimate of drug-likeness (QED) is 0.199. The standard InChI is InChI=1S/C40H47N5O2/c1-43-19-21-44(22-20-43)38-18-17-36(26-37(38)42-40(47)34-14-5-6-15-34)35-16-8-13-33(24-35)29-45(28-32-12-7-11-31(23-32)27-41)39(46)25-30-9-3-2-4-10-30/h2-4,7-13,16-18,23-24,26,34H,5-6,14-15,19-22,25,27-29,41H2,1H3,(H,42,47). The first-order valence-corrected chi connectivity index (χ1v) is 17.0. The summed E-state index contributed by atoms with van der Waals surface area (Å²) in [6.07, 6.45) is 4.52. The molecular weight excluding hydrogens is 582 g/mol. The van der Waals surface area contributed by atoms with Gasteiger partial charge in [0.1, 0.15) is 0 Å². The second-order valence-electron chi connectivity index (χ2n) is 13.1. The monoisotopic (exact) mass is 629 g/mol. The third kappa shape index (κ3) is 8.47. The number of nitrogens with one attached hydrogen (secondary N) is 1. The third-order valence-electron chi connectivity index (χ3n) is 9.61. The predicted octanol–water partition coefficient (Wildman–Crippen LogP) is 6.46. The van der Waals surface area contributed by atoms with E-state index in [-0.39, 0.29) is 17.7 Å². The molecule has 0 unspecified atom stereocenters. The van der Waals surface area contributed by atoms with Gasteiger partial charge >= 0.3 is 0 Å². The summed E-state index contributed by atoms with van der Waals surface area (Å²) in [4.78, 5) is 33.7. The largest absolute Gasteiger partial charge is 0.367 e. The SMILES string of the molecule is CN1CCN(c2ccc(-c3cccc(CN(Cc4cccc(CN)c4)C(=O)Cc4ccccc4)c3)cc2NC(=O)C2CCCC2)CC1. The summed E-state index contributed by atoms with van der Waals surface area (Å²) < 4.78 is 0. The normalized spacial score (nSPS) is 15.5. The number of likely N-dealkylation sites (N-methyl/N-ethyl adjacent to an activating group) is 1. The van der Waals surface area contributed by atoms with Crippen molar-refractivity contribution in [3.63, 3.8) is 0 Å². The van der Waals surface area contributed by atoms with E-state index in [1.165, 1.54) is 0 Å². The van der Waals surface area contributed by atoms with Gasteiger partial charge in [0.05, 0.1) is 17.8 Å². The lowest BCUT2D eigenvalue weighted by Gasteiger charge is -2.35. The van der Waals surface area contributed by atoms with Crippen LogP contribution in [0.5, 0.6) is 0 Å². The molecule has 4 aromatic carbocycles. The zero-order valence-corrected chi connectivity index (χ0v) is 27.5. The first-order chi connectivity index (χ1) is 22.9. The van der Waals surface area contributed by atoms with Crippen LogP contribution in [0.4, 0.5) is 11.4 Å². The average Bonchev–Trinajstić information content (AvgIpc) is 3.65. The molecule has 0 atom stereocenters. The van der Waals surface area contributed by atoms with Crippen molar-refractivity contribution in [1.29, 1.82) is 0 Å². The van der Waals surface area contributed by atoms with Crippen LogP contribution in [0.3, 0.4) is 0 Å². The average molecular weight is 630 g/mol. The summed E-state index contributed by atoms with van der Waals surface area (Å²) in [5, 5.41) is 3.34. The summed E-state index contributed by atoms with van der Waals surface area (Å²) >= 11 is 0. The number of amides is 2. The summed E-state index contributed by atoms with van der Waals surface area (Å²) in [6, 6.07) is 33.0. The highest BCUT2D eigenvalue weighted by atomic mass is 16.2. The summed E-state index contributed by atoms with van der Waals surface area (Å²) in [7, 11) is 2.16. The molecule has 0 spiro atoms. The number of hydrogen-bond donors (Lipinski definition) is 2. The van der Waals surface area contributed by atoms with Gasteiger partial charge in [0.25, 0.3) is 0 Å². The molecule has 3 N–H and O–H groups in total. The van der Waals surface area contributed by atoms with Crippen LogP contribution < -0.4 is 16.0 Å². The maximum absolute atomic E-state index is 13.7. The fourth-order valence-corrected chi connectivity index (χ4v) is 6.82. The molecule has 1 saturated heterocycles. The lowest BCUT2D eigenvalue weighted by molar-refractivity contribution is -0.131. The fourth-order valence-electron chi connectivity index (χ4n) is 6.82. The maximum atomic E-state index is 13.7. The Bertz CT molecular complexity index is 1660. The molecule has 0 aromatic heterocycles. The highest BCUT2D eigenvalue weighted by Crippen LogP contribution is 2.34. The number of benzene rings is 4. The molecule has 2 fully saturated rings. The van der Waals surface area contributed by atoms with Gasteiger partial charge in [0.15, 0.2) is 0 Å². The Kier molecular flexibility index (Phi) is 10.7. The van der Waals surface area contributed by atoms with Gasteiger partial charge in [-0.25, -0.2) is 0 Å². The fraction of sp³-hybridized carbons (Fsp3) is 0.350. The number of nitrogens with two attached hydrogens (primary N) is 1. The second-order valence-corrected chi connectivity index (χ2v) is 13.1. The molecule has 47 heavy (non-hydrogen) atoms. The molecule has 7 nitrogen and oxygen atoms in total. The molecule has 2 aliphatic rings. The van der Waals surface area contributed by atoms with Gasteiger partial charge in [0, 0.05) is 51.7 Å². The number of hydrogen-bond acceptors (Lipinski definition) is 5. The van der Waals surface area contributed by atoms with Gasteiger partial charge < -0.3 is 25.8 Å². The Morgan fingerprint density at radius 2 is 1.38 bits per heavy atom. The van der Waals surface area contributed by atoms with E-state index in [4.69, 9.17) is 5.73 Å². The molecule has 1 aliphatic carbocycles. The van der Waals surface area contributed by atoms with Gasteiger partial charge in [-0.15, -0.1) is 0 Å². The van der Waals surface area contributed by atoms with Gasteiger partial charge in [-0.05, 0) is 71.5 Å². The zero-order chi connectivity index (χ0) is 32.6. The van der Waals surface area contributed by atoms with Crippen molar-refractivity contribution in [2.75, 3.05) is 43.4 Å². The van der Waals surface area contributed by atoms with E-state index in [2.05, 4.69) is 76.8 Å². The van der Waals surface area contributed by atoms with Crippen LogP contribution >= 0.6 is 0 Å². The minimum Gasteiger partial charge on any atom is -0.367 e. The van der Waals surface area contributed by atoms with E-state index in [0.29, 0.717) is 26.1 Å². The maximum Gasteiger partial charge on any atom is 0.227 e. The van der Waals surface area contributed by atoms with Crippen molar-refractivity contribution in [2.45, 2.75) is 51.7 Å². The molecule has 7 heteroatoms.